The summed E-state index contributed by atoms with van der Waals surface area (Å²) in [5, 5.41) is 2.65. The van der Waals surface area contributed by atoms with Crippen molar-refractivity contribution in [3.05, 3.63) is 30.1 Å². The zero-order valence-corrected chi connectivity index (χ0v) is 10.4. The first-order valence-corrected chi connectivity index (χ1v) is 6.17. The second-order valence-electron chi connectivity index (χ2n) is 4.62. The van der Waals surface area contributed by atoms with E-state index in [1.165, 1.54) is 23.1 Å². The minimum Gasteiger partial charge on any atom is -0.351 e. The summed E-state index contributed by atoms with van der Waals surface area (Å²) in [6, 6.07) is 5.21. The maximum Gasteiger partial charge on any atom is 0.314 e. The standard InChI is InChI=1S/C13H16FN3O2/c14-10-4-1-5-11(7-10)16-12(18)9-3-2-6-17(8-9)13(15)19/h1,4-5,7,9H,2-3,6,8H2,(H2,15,19)(H,16,18)/t9-/m0/s1. The molecule has 0 aromatic heterocycles. The fourth-order valence-electron chi connectivity index (χ4n) is 2.20. The van der Waals surface area contributed by atoms with Gasteiger partial charge in [0.05, 0.1) is 5.92 Å². The van der Waals surface area contributed by atoms with E-state index in [9.17, 15) is 14.0 Å². The van der Waals surface area contributed by atoms with Crippen LogP contribution in [0.5, 0.6) is 0 Å². The fraction of sp³-hybridized carbons (Fsp3) is 0.385. The van der Waals surface area contributed by atoms with Gasteiger partial charge in [0.15, 0.2) is 0 Å². The number of nitrogens with two attached hydrogens (primary N) is 1. The summed E-state index contributed by atoms with van der Waals surface area (Å²) in [5.74, 6) is -0.915. The molecule has 0 spiro atoms. The number of hydrogen-bond donors (Lipinski definition) is 2. The van der Waals surface area contributed by atoms with Crippen molar-refractivity contribution in [1.82, 2.24) is 4.90 Å². The maximum absolute atomic E-state index is 13.0. The van der Waals surface area contributed by atoms with Crippen molar-refractivity contribution in [3.8, 4) is 0 Å². The van der Waals surface area contributed by atoms with Gasteiger partial charge in [0.25, 0.3) is 0 Å². The number of anilines is 1. The fourth-order valence-corrected chi connectivity index (χ4v) is 2.20. The van der Waals surface area contributed by atoms with Crippen molar-refractivity contribution in [3.63, 3.8) is 0 Å². The van der Waals surface area contributed by atoms with Crippen LogP contribution >= 0.6 is 0 Å². The molecule has 1 atom stereocenters. The summed E-state index contributed by atoms with van der Waals surface area (Å²) in [6.45, 7) is 0.898. The Kier molecular flexibility index (Phi) is 3.99. The summed E-state index contributed by atoms with van der Waals surface area (Å²) in [7, 11) is 0. The first-order valence-electron chi connectivity index (χ1n) is 6.17. The number of nitrogens with zero attached hydrogens (tertiary/aromatic N) is 1. The zero-order chi connectivity index (χ0) is 13.8. The number of benzene rings is 1. The molecule has 2 rings (SSSR count). The second kappa shape index (κ2) is 5.69. The van der Waals surface area contributed by atoms with Crippen molar-refractivity contribution < 1.29 is 14.0 Å². The topological polar surface area (TPSA) is 75.4 Å². The van der Waals surface area contributed by atoms with E-state index < -0.39 is 11.8 Å². The Bertz CT molecular complexity index is 493. The minimum atomic E-state index is -0.511. The Balaban J connectivity index is 1.98. The van der Waals surface area contributed by atoms with Crippen molar-refractivity contribution in [2.75, 3.05) is 18.4 Å². The SMILES string of the molecule is NC(=O)N1CCC[C@H](C(=O)Nc2cccc(F)c2)C1. The van der Waals surface area contributed by atoms with Gasteiger partial charge in [0, 0.05) is 18.8 Å². The predicted octanol–water partition coefficient (Wildman–Crippen LogP) is 1.55. The zero-order valence-electron chi connectivity index (χ0n) is 10.4. The lowest BCUT2D eigenvalue weighted by atomic mass is 9.97. The van der Waals surface area contributed by atoms with Gasteiger partial charge in [0.2, 0.25) is 5.91 Å². The van der Waals surface area contributed by atoms with Crippen LogP contribution in [0.25, 0.3) is 0 Å². The van der Waals surface area contributed by atoms with Crippen LogP contribution in [0.15, 0.2) is 24.3 Å². The van der Waals surface area contributed by atoms with Gasteiger partial charge in [-0.3, -0.25) is 4.79 Å². The van der Waals surface area contributed by atoms with E-state index >= 15 is 0 Å². The van der Waals surface area contributed by atoms with Crippen molar-refractivity contribution in [2.45, 2.75) is 12.8 Å². The normalized spacial score (nSPS) is 19.0. The van der Waals surface area contributed by atoms with E-state index in [1.54, 1.807) is 6.07 Å². The number of halogens is 1. The molecule has 1 aliphatic heterocycles. The van der Waals surface area contributed by atoms with Gasteiger partial charge in [-0.15, -0.1) is 0 Å². The summed E-state index contributed by atoms with van der Waals surface area (Å²) < 4.78 is 13.0. The molecule has 3 amide bonds. The Morgan fingerprint density at radius 3 is 2.89 bits per heavy atom. The number of primary amides is 1. The van der Waals surface area contributed by atoms with Crippen molar-refractivity contribution in [2.24, 2.45) is 11.7 Å². The van der Waals surface area contributed by atoms with Gasteiger partial charge < -0.3 is 16.0 Å². The highest BCUT2D eigenvalue weighted by molar-refractivity contribution is 5.93. The molecule has 1 aromatic rings. The van der Waals surface area contributed by atoms with Crippen LogP contribution in [-0.4, -0.2) is 29.9 Å². The van der Waals surface area contributed by atoms with Crippen LogP contribution < -0.4 is 11.1 Å². The Morgan fingerprint density at radius 1 is 1.42 bits per heavy atom. The number of carbonyl (C=O) groups is 2. The molecule has 1 fully saturated rings. The molecule has 5 nitrogen and oxygen atoms in total. The molecule has 0 unspecified atom stereocenters. The number of urea groups is 1. The quantitative estimate of drug-likeness (QED) is 0.851. The molecule has 0 aliphatic carbocycles. The van der Waals surface area contributed by atoms with Crippen LogP contribution in [-0.2, 0) is 4.79 Å². The third-order valence-electron chi connectivity index (χ3n) is 3.20. The average Bonchev–Trinajstić information content (AvgIpc) is 2.39. The van der Waals surface area contributed by atoms with Crippen molar-refractivity contribution >= 4 is 17.6 Å². The molecular formula is C13H16FN3O2. The molecule has 0 radical (unpaired) electrons. The van der Waals surface area contributed by atoms with Gasteiger partial charge in [-0.2, -0.15) is 0 Å². The van der Waals surface area contributed by atoms with Gasteiger partial charge in [-0.1, -0.05) is 6.07 Å². The lowest BCUT2D eigenvalue weighted by Gasteiger charge is -2.30. The Hall–Kier alpha value is -2.11. The maximum atomic E-state index is 13.0. The molecule has 19 heavy (non-hydrogen) atoms. The second-order valence-corrected chi connectivity index (χ2v) is 4.62. The molecule has 1 heterocycles. The molecule has 102 valence electrons. The number of carbonyl (C=O) groups excluding carboxylic acids is 2. The molecule has 1 saturated heterocycles. The number of amides is 3. The summed E-state index contributed by atoms with van der Waals surface area (Å²) >= 11 is 0. The monoisotopic (exact) mass is 265 g/mol. The van der Waals surface area contributed by atoms with Gasteiger partial charge >= 0.3 is 6.03 Å². The first kappa shape index (κ1) is 13.3. The van der Waals surface area contributed by atoms with Gasteiger partial charge in [0.1, 0.15) is 5.82 Å². The molecule has 1 aromatic carbocycles. The van der Waals surface area contributed by atoms with E-state index in [1.807, 2.05) is 0 Å². The molecule has 0 bridgehead atoms. The number of likely N-dealkylation sites (tertiary alicyclic amines) is 1. The van der Waals surface area contributed by atoms with Crippen LogP contribution in [0, 0.1) is 11.7 Å². The molecular weight excluding hydrogens is 249 g/mol. The number of hydrogen-bond acceptors (Lipinski definition) is 2. The predicted molar refractivity (Wildman–Crippen MR) is 68.9 cm³/mol. The summed E-state index contributed by atoms with van der Waals surface area (Å²) in [6.07, 6.45) is 1.44. The lowest BCUT2D eigenvalue weighted by molar-refractivity contribution is -0.121. The third-order valence-corrected chi connectivity index (χ3v) is 3.20. The van der Waals surface area contributed by atoms with Crippen LogP contribution in [0.1, 0.15) is 12.8 Å². The minimum absolute atomic E-state index is 0.212. The highest BCUT2D eigenvalue weighted by Crippen LogP contribution is 2.19. The third kappa shape index (κ3) is 3.43. The summed E-state index contributed by atoms with van der Waals surface area (Å²) in [4.78, 5) is 24.6. The number of nitrogens with one attached hydrogen (secondary N) is 1. The van der Waals surface area contributed by atoms with Crippen LogP contribution in [0.4, 0.5) is 14.9 Å². The number of rotatable bonds is 2. The van der Waals surface area contributed by atoms with E-state index in [4.69, 9.17) is 5.73 Å². The molecule has 3 N–H and O–H groups in total. The largest absolute Gasteiger partial charge is 0.351 e. The van der Waals surface area contributed by atoms with Gasteiger partial charge in [-0.25, -0.2) is 9.18 Å². The average molecular weight is 265 g/mol. The highest BCUT2D eigenvalue weighted by Gasteiger charge is 2.27. The molecule has 6 heteroatoms. The van der Waals surface area contributed by atoms with E-state index in [0.29, 0.717) is 25.2 Å². The molecule has 0 saturated carbocycles. The van der Waals surface area contributed by atoms with E-state index in [2.05, 4.69) is 5.32 Å². The molecule has 1 aliphatic rings. The van der Waals surface area contributed by atoms with E-state index in [-0.39, 0.29) is 11.8 Å². The van der Waals surface area contributed by atoms with Crippen LogP contribution in [0.2, 0.25) is 0 Å². The lowest BCUT2D eigenvalue weighted by Crippen LogP contribution is -2.46. The number of piperidine rings is 1. The first-order chi connectivity index (χ1) is 9.06. The van der Waals surface area contributed by atoms with Crippen molar-refractivity contribution in [1.29, 1.82) is 0 Å². The van der Waals surface area contributed by atoms with Gasteiger partial charge in [-0.05, 0) is 31.0 Å². The summed E-state index contributed by atoms with van der Waals surface area (Å²) in [5.41, 5.74) is 5.63. The van der Waals surface area contributed by atoms with E-state index in [0.717, 1.165) is 6.42 Å². The van der Waals surface area contributed by atoms with Crippen LogP contribution in [0.3, 0.4) is 0 Å². The Labute approximate surface area is 110 Å². The smallest absolute Gasteiger partial charge is 0.314 e. The highest BCUT2D eigenvalue weighted by atomic mass is 19.1. The Morgan fingerprint density at radius 2 is 2.21 bits per heavy atom.